The van der Waals surface area contributed by atoms with E-state index >= 15 is 0 Å². The van der Waals surface area contributed by atoms with Gasteiger partial charge < -0.3 is 10.2 Å². The second kappa shape index (κ2) is 8.35. The molecule has 0 aliphatic carbocycles. The summed E-state index contributed by atoms with van der Waals surface area (Å²) in [6, 6.07) is 7.94. The Balaban J connectivity index is 1.78. The molecule has 7 nitrogen and oxygen atoms in total. The smallest absolute Gasteiger partial charge is 0.251 e. The molecule has 0 saturated carbocycles. The maximum absolute atomic E-state index is 13.0. The zero-order chi connectivity index (χ0) is 19.4. The van der Waals surface area contributed by atoms with E-state index in [1.54, 1.807) is 18.5 Å². The first kappa shape index (κ1) is 19.8. The molecule has 144 valence electrons. The fourth-order valence-corrected chi connectivity index (χ4v) is 4.72. The molecule has 0 radical (unpaired) electrons. The zero-order valence-corrected chi connectivity index (χ0v) is 16.5. The van der Waals surface area contributed by atoms with Gasteiger partial charge in [0.05, 0.1) is 5.02 Å². The number of rotatable bonds is 5. The summed E-state index contributed by atoms with van der Waals surface area (Å²) in [5, 5.41) is 2.87. The molecule has 1 aliphatic heterocycles. The summed E-state index contributed by atoms with van der Waals surface area (Å²) in [6.45, 7) is 2.40. The number of amides is 1. The van der Waals surface area contributed by atoms with Crippen molar-refractivity contribution in [2.45, 2.75) is 11.4 Å². The molecular weight excluding hydrogens is 388 g/mol. The van der Waals surface area contributed by atoms with E-state index in [1.165, 1.54) is 22.5 Å². The fourth-order valence-electron chi connectivity index (χ4n) is 2.80. The summed E-state index contributed by atoms with van der Waals surface area (Å²) in [6.07, 6.45) is 3.31. The van der Waals surface area contributed by atoms with E-state index in [0.29, 0.717) is 32.7 Å². The maximum Gasteiger partial charge on any atom is 0.251 e. The van der Waals surface area contributed by atoms with Crippen molar-refractivity contribution in [3.63, 3.8) is 0 Å². The van der Waals surface area contributed by atoms with E-state index in [9.17, 15) is 13.2 Å². The third-order valence-corrected chi connectivity index (χ3v) is 6.83. The molecule has 2 heterocycles. The van der Waals surface area contributed by atoms with Crippen LogP contribution < -0.4 is 5.32 Å². The van der Waals surface area contributed by atoms with Crippen LogP contribution in [0, 0.1) is 0 Å². The molecule has 0 atom stereocenters. The highest BCUT2D eigenvalue weighted by Crippen LogP contribution is 2.26. The Kier molecular flexibility index (Phi) is 6.11. The van der Waals surface area contributed by atoms with Gasteiger partial charge in [0.1, 0.15) is 4.90 Å². The third kappa shape index (κ3) is 4.65. The average Bonchev–Trinajstić information content (AvgIpc) is 2.67. The predicted molar refractivity (Wildman–Crippen MR) is 103 cm³/mol. The van der Waals surface area contributed by atoms with E-state index in [4.69, 9.17) is 11.6 Å². The monoisotopic (exact) mass is 408 g/mol. The number of hydrogen-bond acceptors (Lipinski definition) is 5. The minimum absolute atomic E-state index is 0.0391. The summed E-state index contributed by atoms with van der Waals surface area (Å²) in [7, 11) is -1.81. The molecule has 1 N–H and O–H groups in total. The minimum atomic E-state index is -3.75. The highest BCUT2D eigenvalue weighted by atomic mass is 35.5. The van der Waals surface area contributed by atoms with E-state index in [0.717, 1.165) is 5.56 Å². The van der Waals surface area contributed by atoms with Crippen molar-refractivity contribution in [3.8, 4) is 0 Å². The number of carbonyl (C=O) groups excluding carboxylic acids is 1. The molecule has 1 saturated heterocycles. The van der Waals surface area contributed by atoms with Crippen molar-refractivity contribution >= 4 is 27.5 Å². The molecule has 0 unspecified atom stereocenters. The van der Waals surface area contributed by atoms with Crippen LogP contribution >= 0.6 is 11.6 Å². The zero-order valence-electron chi connectivity index (χ0n) is 14.9. The summed E-state index contributed by atoms with van der Waals surface area (Å²) >= 11 is 6.15. The van der Waals surface area contributed by atoms with E-state index in [1.807, 2.05) is 13.1 Å². The van der Waals surface area contributed by atoms with Crippen molar-refractivity contribution < 1.29 is 13.2 Å². The topological polar surface area (TPSA) is 82.6 Å². The first-order chi connectivity index (χ1) is 12.9. The second-order valence-electron chi connectivity index (χ2n) is 6.40. The van der Waals surface area contributed by atoms with Gasteiger partial charge in [0.2, 0.25) is 10.0 Å². The molecule has 0 bridgehead atoms. The number of piperazine rings is 1. The molecule has 1 aromatic heterocycles. The Morgan fingerprint density at radius 1 is 1.22 bits per heavy atom. The molecule has 1 amide bonds. The first-order valence-corrected chi connectivity index (χ1v) is 10.3. The largest absolute Gasteiger partial charge is 0.348 e. The van der Waals surface area contributed by atoms with Crippen LogP contribution in [0.2, 0.25) is 5.02 Å². The molecule has 2 aromatic rings. The number of nitrogens with zero attached hydrogens (tertiary/aromatic N) is 3. The Labute approximate surface area is 164 Å². The number of likely N-dealkylation sites (N-methyl/N-ethyl adjacent to an activating group) is 1. The third-order valence-electron chi connectivity index (χ3n) is 4.45. The fraction of sp³-hybridized carbons (Fsp3) is 0.333. The summed E-state index contributed by atoms with van der Waals surface area (Å²) in [5.41, 5.74) is 1.10. The van der Waals surface area contributed by atoms with Gasteiger partial charge in [-0.25, -0.2) is 8.42 Å². The molecule has 0 spiro atoms. The van der Waals surface area contributed by atoms with Gasteiger partial charge in [0, 0.05) is 50.7 Å². The molecular formula is C18H21ClN4O3S. The lowest BCUT2D eigenvalue weighted by Crippen LogP contribution is -2.47. The molecule has 1 aliphatic rings. The van der Waals surface area contributed by atoms with Crippen LogP contribution in [0.1, 0.15) is 15.9 Å². The summed E-state index contributed by atoms with van der Waals surface area (Å²) in [4.78, 5) is 18.5. The molecule has 27 heavy (non-hydrogen) atoms. The minimum Gasteiger partial charge on any atom is -0.348 e. The lowest BCUT2D eigenvalue weighted by atomic mass is 10.2. The quantitative estimate of drug-likeness (QED) is 0.812. The number of halogens is 1. The van der Waals surface area contributed by atoms with Crippen LogP contribution in [0.25, 0.3) is 0 Å². The van der Waals surface area contributed by atoms with Gasteiger partial charge in [-0.15, -0.1) is 0 Å². The summed E-state index contributed by atoms with van der Waals surface area (Å²) < 4.78 is 27.3. The summed E-state index contributed by atoms with van der Waals surface area (Å²) in [5.74, 6) is -0.370. The van der Waals surface area contributed by atoms with Gasteiger partial charge in [-0.3, -0.25) is 9.78 Å². The number of aromatic nitrogens is 1. The number of carbonyl (C=O) groups is 1. The average molecular weight is 409 g/mol. The van der Waals surface area contributed by atoms with Crippen LogP contribution in [0.15, 0.2) is 47.6 Å². The first-order valence-electron chi connectivity index (χ1n) is 8.53. The second-order valence-corrected chi connectivity index (χ2v) is 8.71. The van der Waals surface area contributed by atoms with Crippen molar-refractivity contribution in [1.82, 2.24) is 19.5 Å². The Hall–Kier alpha value is -2.00. The van der Waals surface area contributed by atoms with Crippen molar-refractivity contribution in [1.29, 1.82) is 0 Å². The van der Waals surface area contributed by atoms with E-state index in [2.05, 4.69) is 15.2 Å². The van der Waals surface area contributed by atoms with Crippen LogP contribution in [-0.4, -0.2) is 61.7 Å². The Morgan fingerprint density at radius 3 is 2.63 bits per heavy atom. The highest BCUT2D eigenvalue weighted by molar-refractivity contribution is 7.89. The van der Waals surface area contributed by atoms with Gasteiger partial charge in [0.25, 0.3) is 5.91 Å². The number of nitrogens with one attached hydrogen (secondary N) is 1. The van der Waals surface area contributed by atoms with Gasteiger partial charge in [-0.05, 0) is 36.9 Å². The van der Waals surface area contributed by atoms with Gasteiger partial charge in [0.15, 0.2) is 0 Å². The number of sulfonamides is 1. The van der Waals surface area contributed by atoms with Crippen LogP contribution in [0.5, 0.6) is 0 Å². The molecule has 1 fully saturated rings. The lowest BCUT2D eigenvalue weighted by Gasteiger charge is -2.31. The molecule has 3 rings (SSSR count). The normalized spacial score (nSPS) is 16.2. The molecule has 9 heteroatoms. The number of pyridine rings is 1. The Bertz CT molecular complexity index is 913. The van der Waals surface area contributed by atoms with E-state index in [-0.39, 0.29) is 21.4 Å². The highest BCUT2D eigenvalue weighted by Gasteiger charge is 2.29. The van der Waals surface area contributed by atoms with Crippen molar-refractivity contribution in [2.24, 2.45) is 0 Å². The van der Waals surface area contributed by atoms with E-state index < -0.39 is 10.0 Å². The standard InChI is InChI=1S/C18H21ClN4O3S/c1-22-7-9-23(10-8-22)27(25,26)17-11-15(4-5-16(17)19)18(24)21-13-14-3-2-6-20-12-14/h2-6,11-12H,7-10,13H2,1H3,(H,21,24). The predicted octanol–water partition coefficient (Wildman–Crippen LogP) is 1.60. The van der Waals surface area contributed by atoms with Crippen LogP contribution in [-0.2, 0) is 16.6 Å². The van der Waals surface area contributed by atoms with Crippen LogP contribution in [0.4, 0.5) is 0 Å². The molecule has 1 aromatic carbocycles. The van der Waals surface area contributed by atoms with Crippen molar-refractivity contribution in [3.05, 3.63) is 58.9 Å². The SMILES string of the molecule is CN1CCN(S(=O)(=O)c2cc(C(=O)NCc3cccnc3)ccc2Cl)CC1. The van der Waals surface area contributed by atoms with Gasteiger partial charge in [-0.2, -0.15) is 4.31 Å². The van der Waals surface area contributed by atoms with Gasteiger partial charge in [-0.1, -0.05) is 17.7 Å². The van der Waals surface area contributed by atoms with Gasteiger partial charge >= 0.3 is 0 Å². The Morgan fingerprint density at radius 2 is 1.96 bits per heavy atom. The lowest BCUT2D eigenvalue weighted by molar-refractivity contribution is 0.0950. The number of hydrogen-bond donors (Lipinski definition) is 1. The number of benzene rings is 1. The van der Waals surface area contributed by atoms with Crippen molar-refractivity contribution in [2.75, 3.05) is 33.2 Å². The van der Waals surface area contributed by atoms with Crippen LogP contribution in [0.3, 0.4) is 0 Å². The maximum atomic E-state index is 13.0.